The van der Waals surface area contributed by atoms with Gasteiger partial charge >= 0.3 is 6.03 Å². The lowest BCUT2D eigenvalue weighted by Gasteiger charge is -2.25. The van der Waals surface area contributed by atoms with Crippen molar-refractivity contribution in [1.82, 2.24) is 4.90 Å². The third-order valence-corrected chi connectivity index (χ3v) is 5.51. The van der Waals surface area contributed by atoms with Gasteiger partial charge in [-0.25, -0.2) is 4.79 Å². The van der Waals surface area contributed by atoms with Gasteiger partial charge in [-0.2, -0.15) is 0 Å². The van der Waals surface area contributed by atoms with Crippen LogP contribution in [0.1, 0.15) is 10.9 Å². The van der Waals surface area contributed by atoms with Gasteiger partial charge < -0.3 is 15.0 Å². The number of carbonyl (C=O) groups is 1. The van der Waals surface area contributed by atoms with Crippen molar-refractivity contribution in [2.45, 2.75) is 5.37 Å². The largest absolute Gasteiger partial charge is 0.497 e. The summed E-state index contributed by atoms with van der Waals surface area (Å²) in [5, 5.41) is 3.94. The molecule has 0 saturated carbocycles. The third kappa shape index (κ3) is 3.74. The van der Waals surface area contributed by atoms with Crippen LogP contribution < -0.4 is 10.1 Å². The smallest absolute Gasteiger partial charge is 0.323 e. The average Bonchev–Trinajstić information content (AvgIpc) is 3.04. The molecule has 1 N–H and O–H groups in total. The van der Waals surface area contributed by atoms with E-state index < -0.39 is 0 Å². The monoisotopic (exact) mass is 382 g/mol. The van der Waals surface area contributed by atoms with Crippen molar-refractivity contribution in [3.8, 4) is 5.75 Å². The van der Waals surface area contributed by atoms with Gasteiger partial charge in [0, 0.05) is 39.7 Å². The van der Waals surface area contributed by atoms with Crippen molar-refractivity contribution in [1.29, 1.82) is 0 Å². The fourth-order valence-corrected chi connectivity index (χ4v) is 4.40. The van der Waals surface area contributed by atoms with E-state index in [4.69, 9.17) is 27.9 Å². The number of carbonyl (C=O) groups excluding carboxylic acids is 1. The van der Waals surface area contributed by atoms with E-state index in [2.05, 4.69) is 5.32 Å². The second-order valence-corrected chi connectivity index (χ2v) is 7.28. The zero-order valence-corrected chi connectivity index (χ0v) is 15.3. The summed E-state index contributed by atoms with van der Waals surface area (Å²) in [5.41, 5.74) is 1.58. The maximum absolute atomic E-state index is 12.7. The molecule has 0 bridgehead atoms. The summed E-state index contributed by atoms with van der Waals surface area (Å²) in [4.78, 5) is 14.4. The number of rotatable bonds is 3. The molecule has 0 spiro atoms. The summed E-state index contributed by atoms with van der Waals surface area (Å²) in [6.07, 6.45) is 0. The van der Waals surface area contributed by atoms with E-state index in [1.807, 2.05) is 24.3 Å². The zero-order valence-electron chi connectivity index (χ0n) is 13.0. The Morgan fingerprint density at radius 2 is 2.12 bits per heavy atom. The van der Waals surface area contributed by atoms with Crippen molar-refractivity contribution < 1.29 is 9.53 Å². The Morgan fingerprint density at radius 3 is 2.88 bits per heavy atom. The van der Waals surface area contributed by atoms with E-state index in [0.717, 1.165) is 11.3 Å². The quantitative estimate of drug-likeness (QED) is 0.784. The number of urea groups is 1. The lowest BCUT2D eigenvalue weighted by atomic mass is 10.2. The third-order valence-electron chi connectivity index (χ3n) is 3.70. The molecular weight excluding hydrogens is 367 g/mol. The van der Waals surface area contributed by atoms with Gasteiger partial charge in [0.25, 0.3) is 0 Å². The minimum atomic E-state index is -0.163. The van der Waals surface area contributed by atoms with Gasteiger partial charge in [0.15, 0.2) is 0 Å². The first-order chi connectivity index (χ1) is 11.6. The molecule has 0 unspecified atom stereocenters. The second-order valence-electron chi connectivity index (χ2n) is 5.24. The number of thioether (sulfide) groups is 1. The number of halogens is 2. The summed E-state index contributed by atoms with van der Waals surface area (Å²) in [6, 6.07) is 12.5. The van der Waals surface area contributed by atoms with Crippen LogP contribution in [-0.2, 0) is 0 Å². The van der Waals surface area contributed by atoms with E-state index in [1.54, 1.807) is 42.0 Å². The SMILES string of the molecule is COc1cccc(NC(=O)N2CCS[C@@H]2c2ccc(Cl)cc2Cl)c1. The van der Waals surface area contributed by atoms with Gasteiger partial charge in [-0.3, -0.25) is 0 Å². The number of hydrogen-bond acceptors (Lipinski definition) is 3. The molecule has 126 valence electrons. The molecule has 2 aromatic rings. The molecule has 2 aromatic carbocycles. The van der Waals surface area contributed by atoms with Crippen LogP contribution >= 0.6 is 35.0 Å². The molecule has 1 saturated heterocycles. The number of anilines is 1. The number of benzene rings is 2. The van der Waals surface area contributed by atoms with Gasteiger partial charge in [0.05, 0.1) is 7.11 Å². The molecule has 24 heavy (non-hydrogen) atoms. The molecule has 1 heterocycles. The number of nitrogens with zero attached hydrogens (tertiary/aromatic N) is 1. The fraction of sp³-hybridized carbons (Fsp3) is 0.235. The highest BCUT2D eigenvalue weighted by atomic mass is 35.5. The molecule has 3 rings (SSSR count). The molecule has 1 aliphatic rings. The van der Waals surface area contributed by atoms with Crippen LogP contribution in [0.4, 0.5) is 10.5 Å². The minimum absolute atomic E-state index is 0.125. The van der Waals surface area contributed by atoms with Crippen LogP contribution in [0.15, 0.2) is 42.5 Å². The summed E-state index contributed by atoms with van der Waals surface area (Å²) < 4.78 is 5.18. The van der Waals surface area contributed by atoms with E-state index in [9.17, 15) is 4.79 Å². The number of nitrogens with one attached hydrogen (secondary N) is 1. The molecule has 0 radical (unpaired) electrons. The van der Waals surface area contributed by atoms with Gasteiger partial charge in [0.1, 0.15) is 11.1 Å². The Morgan fingerprint density at radius 1 is 1.29 bits per heavy atom. The average molecular weight is 383 g/mol. The zero-order chi connectivity index (χ0) is 17.1. The molecule has 1 aliphatic heterocycles. The van der Waals surface area contributed by atoms with Crippen LogP contribution in [0.3, 0.4) is 0 Å². The molecular formula is C17H16Cl2N2O2S. The lowest BCUT2D eigenvalue weighted by Crippen LogP contribution is -2.34. The highest BCUT2D eigenvalue weighted by molar-refractivity contribution is 7.99. The maximum Gasteiger partial charge on any atom is 0.323 e. The van der Waals surface area contributed by atoms with E-state index in [1.165, 1.54) is 0 Å². The number of hydrogen-bond donors (Lipinski definition) is 1. The van der Waals surface area contributed by atoms with Crippen LogP contribution in [0.25, 0.3) is 0 Å². The van der Waals surface area contributed by atoms with Gasteiger partial charge in [-0.05, 0) is 24.3 Å². The van der Waals surface area contributed by atoms with Gasteiger partial charge in [-0.1, -0.05) is 35.3 Å². The van der Waals surface area contributed by atoms with Crippen molar-refractivity contribution >= 4 is 46.7 Å². The van der Waals surface area contributed by atoms with Crippen LogP contribution in [0.2, 0.25) is 10.0 Å². The van der Waals surface area contributed by atoms with Crippen molar-refractivity contribution in [3.63, 3.8) is 0 Å². The normalized spacial score (nSPS) is 17.0. The Kier molecular flexibility index (Phi) is 5.43. The van der Waals surface area contributed by atoms with E-state index >= 15 is 0 Å². The molecule has 7 heteroatoms. The van der Waals surface area contributed by atoms with E-state index in [-0.39, 0.29) is 11.4 Å². The molecule has 0 aromatic heterocycles. The standard InChI is InChI=1S/C17H16Cl2N2O2S/c1-23-13-4-2-3-12(10-13)20-17(22)21-7-8-24-16(21)14-6-5-11(18)9-15(14)19/h2-6,9-10,16H,7-8H2,1H3,(H,20,22)/t16-/m1/s1. The first kappa shape index (κ1) is 17.3. The lowest BCUT2D eigenvalue weighted by molar-refractivity contribution is 0.214. The topological polar surface area (TPSA) is 41.6 Å². The highest BCUT2D eigenvalue weighted by Crippen LogP contribution is 2.41. The number of methoxy groups -OCH3 is 1. The Balaban J connectivity index is 1.78. The van der Waals surface area contributed by atoms with Crippen molar-refractivity contribution in [2.24, 2.45) is 0 Å². The summed E-state index contributed by atoms with van der Waals surface area (Å²) in [7, 11) is 1.59. The Hall–Kier alpha value is -1.56. The predicted molar refractivity (Wildman–Crippen MR) is 100 cm³/mol. The summed E-state index contributed by atoms with van der Waals surface area (Å²) >= 11 is 14.0. The number of ether oxygens (including phenoxy) is 1. The summed E-state index contributed by atoms with van der Waals surface area (Å²) in [5.74, 6) is 1.55. The molecule has 2 amide bonds. The fourth-order valence-electron chi connectivity index (χ4n) is 2.53. The predicted octanol–water partition coefficient (Wildman–Crippen LogP) is 5.28. The van der Waals surface area contributed by atoms with Crippen LogP contribution in [0, 0.1) is 0 Å². The molecule has 1 atom stereocenters. The Labute approximate surface area is 155 Å². The first-order valence-corrected chi connectivity index (χ1v) is 9.17. The molecule has 4 nitrogen and oxygen atoms in total. The van der Waals surface area contributed by atoms with Crippen molar-refractivity contribution in [3.05, 3.63) is 58.1 Å². The minimum Gasteiger partial charge on any atom is -0.497 e. The highest BCUT2D eigenvalue weighted by Gasteiger charge is 2.32. The van der Waals surface area contributed by atoms with Crippen LogP contribution in [-0.4, -0.2) is 30.3 Å². The van der Waals surface area contributed by atoms with Crippen LogP contribution in [0.5, 0.6) is 5.75 Å². The first-order valence-electron chi connectivity index (χ1n) is 7.36. The summed E-state index contributed by atoms with van der Waals surface area (Å²) in [6.45, 7) is 0.657. The van der Waals surface area contributed by atoms with Crippen molar-refractivity contribution in [2.75, 3.05) is 24.7 Å². The second kappa shape index (κ2) is 7.55. The maximum atomic E-state index is 12.7. The Bertz CT molecular complexity index is 757. The number of amides is 2. The van der Waals surface area contributed by atoms with E-state index in [0.29, 0.717) is 28.0 Å². The van der Waals surface area contributed by atoms with Gasteiger partial charge in [-0.15, -0.1) is 11.8 Å². The molecule has 1 fully saturated rings. The van der Waals surface area contributed by atoms with Gasteiger partial charge in [0.2, 0.25) is 0 Å². The molecule has 0 aliphatic carbocycles.